The van der Waals surface area contributed by atoms with Gasteiger partial charge in [-0.25, -0.2) is 4.39 Å². The Morgan fingerprint density at radius 1 is 1.43 bits per heavy atom. The van der Waals surface area contributed by atoms with E-state index in [-0.39, 0.29) is 24.3 Å². The zero-order chi connectivity index (χ0) is 15.6. The summed E-state index contributed by atoms with van der Waals surface area (Å²) >= 11 is 0. The smallest absolute Gasteiger partial charge is 0.290 e. The van der Waals surface area contributed by atoms with Crippen molar-refractivity contribution in [1.29, 1.82) is 0 Å². The lowest BCUT2D eigenvalue weighted by molar-refractivity contribution is -0.130. The summed E-state index contributed by atoms with van der Waals surface area (Å²) in [6, 6.07) is 4.96. The van der Waals surface area contributed by atoms with E-state index in [9.17, 15) is 19.1 Å². The second kappa shape index (κ2) is 6.05. The SMILES string of the molecule is COCCN1C(=O)C(O)=C(C(C)=O)C1c1ccccc1F. The van der Waals surface area contributed by atoms with Crippen LogP contribution < -0.4 is 0 Å². The topological polar surface area (TPSA) is 66.8 Å². The molecule has 1 aromatic rings. The van der Waals surface area contributed by atoms with Crippen LogP contribution in [0.4, 0.5) is 4.39 Å². The second-order valence-corrected chi connectivity index (χ2v) is 4.73. The van der Waals surface area contributed by atoms with Gasteiger partial charge in [0.15, 0.2) is 11.5 Å². The molecule has 1 aliphatic heterocycles. The Kier molecular flexibility index (Phi) is 4.37. The minimum atomic E-state index is -0.925. The predicted octanol–water partition coefficient (Wildman–Crippen LogP) is 1.76. The van der Waals surface area contributed by atoms with Crippen LogP contribution in [0.5, 0.6) is 0 Å². The van der Waals surface area contributed by atoms with Gasteiger partial charge in [0.25, 0.3) is 5.91 Å². The maximum atomic E-state index is 14.0. The van der Waals surface area contributed by atoms with Gasteiger partial charge in [-0.2, -0.15) is 0 Å². The summed E-state index contributed by atoms with van der Waals surface area (Å²) in [5, 5.41) is 9.92. The first kappa shape index (κ1) is 15.2. The summed E-state index contributed by atoms with van der Waals surface area (Å²) in [5.41, 5.74) is 0.0948. The molecule has 112 valence electrons. The number of benzene rings is 1. The molecule has 0 radical (unpaired) electrons. The zero-order valence-electron chi connectivity index (χ0n) is 11.8. The van der Waals surface area contributed by atoms with Crippen LogP contribution in [0.15, 0.2) is 35.6 Å². The summed E-state index contributed by atoms with van der Waals surface area (Å²) in [7, 11) is 1.47. The lowest BCUT2D eigenvalue weighted by atomic mass is 9.96. The molecule has 1 N–H and O–H groups in total. The predicted molar refractivity (Wildman–Crippen MR) is 73.1 cm³/mol. The Bertz CT molecular complexity index is 611. The number of hydrogen-bond acceptors (Lipinski definition) is 4. The number of halogens is 1. The molecule has 0 bridgehead atoms. The van der Waals surface area contributed by atoms with Gasteiger partial charge in [-0.1, -0.05) is 18.2 Å². The first-order chi connectivity index (χ1) is 9.99. The van der Waals surface area contributed by atoms with E-state index in [2.05, 4.69) is 0 Å². The van der Waals surface area contributed by atoms with Gasteiger partial charge in [-0.15, -0.1) is 0 Å². The van der Waals surface area contributed by atoms with E-state index in [1.165, 1.54) is 37.1 Å². The molecule has 6 heteroatoms. The molecule has 1 amide bonds. The molecule has 0 aliphatic carbocycles. The van der Waals surface area contributed by atoms with Crippen LogP contribution >= 0.6 is 0 Å². The number of methoxy groups -OCH3 is 1. The average Bonchev–Trinajstić information content (AvgIpc) is 2.69. The van der Waals surface area contributed by atoms with Crippen molar-refractivity contribution < 1.29 is 23.8 Å². The maximum absolute atomic E-state index is 14.0. The number of carbonyl (C=O) groups excluding carboxylic acids is 2. The van der Waals surface area contributed by atoms with Crippen molar-refractivity contribution in [1.82, 2.24) is 4.90 Å². The van der Waals surface area contributed by atoms with Crippen LogP contribution in [-0.2, 0) is 14.3 Å². The second-order valence-electron chi connectivity index (χ2n) is 4.73. The molecule has 1 aliphatic rings. The van der Waals surface area contributed by atoms with Crippen LogP contribution in [-0.4, -0.2) is 42.0 Å². The van der Waals surface area contributed by atoms with Gasteiger partial charge in [-0.05, 0) is 13.0 Å². The highest BCUT2D eigenvalue weighted by Gasteiger charge is 2.42. The van der Waals surface area contributed by atoms with Gasteiger partial charge >= 0.3 is 0 Å². The summed E-state index contributed by atoms with van der Waals surface area (Å²) in [6.07, 6.45) is 0. The Balaban J connectivity index is 2.52. The molecule has 1 unspecified atom stereocenters. The van der Waals surface area contributed by atoms with Gasteiger partial charge in [0.05, 0.1) is 18.2 Å². The molecule has 5 nitrogen and oxygen atoms in total. The first-order valence-electron chi connectivity index (χ1n) is 6.47. The van der Waals surface area contributed by atoms with Crippen molar-refractivity contribution >= 4 is 11.7 Å². The molecule has 21 heavy (non-hydrogen) atoms. The number of hydrogen-bond donors (Lipinski definition) is 1. The summed E-state index contributed by atoms with van der Waals surface area (Å²) in [6.45, 7) is 1.61. The molecule has 1 heterocycles. The number of carbonyl (C=O) groups is 2. The van der Waals surface area contributed by atoms with E-state index >= 15 is 0 Å². The van der Waals surface area contributed by atoms with Crippen LogP contribution in [0, 0.1) is 5.82 Å². The van der Waals surface area contributed by atoms with Crippen molar-refractivity contribution in [3.05, 3.63) is 47.0 Å². The highest BCUT2D eigenvalue weighted by Crippen LogP contribution is 2.38. The lowest BCUT2D eigenvalue weighted by Crippen LogP contribution is -2.34. The summed E-state index contributed by atoms with van der Waals surface area (Å²) < 4.78 is 19.0. The van der Waals surface area contributed by atoms with Gasteiger partial charge in [0.1, 0.15) is 5.82 Å². The Labute approximate surface area is 121 Å². The van der Waals surface area contributed by atoms with Crippen LogP contribution in [0.3, 0.4) is 0 Å². The van der Waals surface area contributed by atoms with Gasteiger partial charge < -0.3 is 14.7 Å². The third-order valence-corrected chi connectivity index (χ3v) is 3.42. The van der Waals surface area contributed by atoms with E-state index in [0.29, 0.717) is 0 Å². The summed E-state index contributed by atoms with van der Waals surface area (Å²) in [5.74, 6) is -2.31. The van der Waals surface area contributed by atoms with Crippen molar-refractivity contribution in [2.45, 2.75) is 13.0 Å². The molecule has 1 atom stereocenters. The first-order valence-corrected chi connectivity index (χ1v) is 6.47. The minimum Gasteiger partial charge on any atom is -0.503 e. The van der Waals surface area contributed by atoms with E-state index in [1.54, 1.807) is 6.07 Å². The van der Waals surface area contributed by atoms with E-state index in [1.807, 2.05) is 0 Å². The lowest BCUT2D eigenvalue weighted by Gasteiger charge is -2.26. The number of ether oxygens (including phenoxy) is 1. The van der Waals surface area contributed by atoms with Crippen LogP contribution in [0.25, 0.3) is 0 Å². The van der Waals surface area contributed by atoms with E-state index in [4.69, 9.17) is 4.74 Å². The van der Waals surface area contributed by atoms with Crippen molar-refractivity contribution in [3.63, 3.8) is 0 Å². The van der Waals surface area contributed by atoms with Gasteiger partial charge in [-0.3, -0.25) is 9.59 Å². The maximum Gasteiger partial charge on any atom is 0.290 e. The largest absolute Gasteiger partial charge is 0.503 e. The van der Waals surface area contributed by atoms with E-state index < -0.39 is 29.3 Å². The summed E-state index contributed by atoms with van der Waals surface area (Å²) in [4.78, 5) is 25.1. The van der Waals surface area contributed by atoms with Gasteiger partial charge in [0, 0.05) is 19.2 Å². The van der Waals surface area contributed by atoms with Crippen molar-refractivity contribution in [2.24, 2.45) is 0 Å². The molecule has 2 rings (SSSR count). The molecular weight excluding hydrogens is 277 g/mol. The van der Waals surface area contributed by atoms with Crippen LogP contribution in [0.1, 0.15) is 18.5 Å². The highest BCUT2D eigenvalue weighted by atomic mass is 19.1. The van der Waals surface area contributed by atoms with Crippen molar-refractivity contribution in [3.8, 4) is 0 Å². The molecule has 0 fully saturated rings. The number of amides is 1. The average molecular weight is 293 g/mol. The molecule has 0 aromatic heterocycles. The number of aliphatic hydroxyl groups excluding tert-OH is 1. The minimum absolute atomic E-state index is 0.0822. The van der Waals surface area contributed by atoms with E-state index in [0.717, 1.165) is 0 Å². The highest BCUT2D eigenvalue weighted by molar-refractivity contribution is 6.08. The molecular formula is C15H16FNO4. The molecule has 0 saturated carbocycles. The number of rotatable bonds is 5. The Morgan fingerprint density at radius 3 is 2.67 bits per heavy atom. The third-order valence-electron chi connectivity index (χ3n) is 3.42. The quantitative estimate of drug-likeness (QED) is 0.898. The standard InChI is InChI=1S/C15H16FNO4/c1-9(18)12-13(10-5-3-4-6-11(10)16)17(7-8-21-2)15(20)14(12)19/h3-6,13,19H,7-8H2,1-2H3. The molecule has 0 spiro atoms. The Hall–Kier alpha value is -2.21. The number of Topliss-reactive ketones (excluding diaryl/α,β-unsaturated/α-hetero) is 1. The van der Waals surface area contributed by atoms with Gasteiger partial charge in [0.2, 0.25) is 0 Å². The fraction of sp³-hybridized carbons (Fsp3) is 0.333. The number of ketones is 1. The fourth-order valence-corrected chi connectivity index (χ4v) is 2.45. The van der Waals surface area contributed by atoms with Crippen molar-refractivity contribution in [2.75, 3.05) is 20.3 Å². The van der Waals surface area contributed by atoms with Crippen LogP contribution in [0.2, 0.25) is 0 Å². The number of aliphatic hydroxyl groups is 1. The fourth-order valence-electron chi connectivity index (χ4n) is 2.45. The Morgan fingerprint density at radius 2 is 2.10 bits per heavy atom. The molecule has 0 saturated heterocycles. The normalized spacial score (nSPS) is 18.5. The monoisotopic (exact) mass is 293 g/mol. The third kappa shape index (κ3) is 2.67. The molecule has 1 aromatic carbocycles. The zero-order valence-corrected chi connectivity index (χ0v) is 11.8. The number of nitrogens with zero attached hydrogens (tertiary/aromatic N) is 1.